The highest BCUT2D eigenvalue weighted by molar-refractivity contribution is 5.05. The van der Waals surface area contributed by atoms with Gasteiger partial charge in [0, 0.05) is 13.7 Å². The molecule has 0 bridgehead atoms. The van der Waals surface area contributed by atoms with Crippen molar-refractivity contribution in [3.8, 4) is 0 Å². The molecule has 1 aromatic rings. The molecule has 0 saturated heterocycles. The zero-order chi connectivity index (χ0) is 13.1. The first-order valence-electron chi connectivity index (χ1n) is 6.16. The van der Waals surface area contributed by atoms with E-state index >= 15 is 0 Å². The fourth-order valence-corrected chi connectivity index (χ4v) is 1.83. The number of rotatable bonds is 6. The Hall–Kier alpha value is -0.940. The van der Waals surface area contributed by atoms with Gasteiger partial charge in [0.25, 0.3) is 0 Å². The number of hydrogen-bond acceptors (Lipinski definition) is 4. The SMILES string of the molecule is CCC(C)(OC)c1nnc(CN)n1CC(C)C. The summed E-state index contributed by atoms with van der Waals surface area (Å²) in [6, 6.07) is 0. The van der Waals surface area contributed by atoms with Gasteiger partial charge in [-0.3, -0.25) is 0 Å². The third-order valence-corrected chi connectivity index (χ3v) is 3.16. The molecule has 5 nitrogen and oxygen atoms in total. The van der Waals surface area contributed by atoms with Crippen molar-refractivity contribution in [2.24, 2.45) is 11.7 Å². The first-order valence-corrected chi connectivity index (χ1v) is 6.16. The van der Waals surface area contributed by atoms with Crippen molar-refractivity contribution in [2.75, 3.05) is 7.11 Å². The highest BCUT2D eigenvalue weighted by Gasteiger charge is 2.31. The Labute approximate surface area is 103 Å². The van der Waals surface area contributed by atoms with Crippen LogP contribution in [-0.2, 0) is 23.4 Å². The third kappa shape index (κ3) is 2.84. The standard InChI is InChI=1S/C12H24N4O/c1-6-12(4,17-5)11-15-14-10(7-13)16(11)8-9(2)3/h9H,6-8,13H2,1-5H3. The van der Waals surface area contributed by atoms with Gasteiger partial charge in [0.05, 0.1) is 6.54 Å². The topological polar surface area (TPSA) is 66.0 Å². The average molecular weight is 240 g/mol. The van der Waals surface area contributed by atoms with Gasteiger partial charge in [-0.25, -0.2) is 0 Å². The molecule has 1 aromatic heterocycles. The van der Waals surface area contributed by atoms with E-state index in [9.17, 15) is 0 Å². The monoisotopic (exact) mass is 240 g/mol. The van der Waals surface area contributed by atoms with Crippen molar-refractivity contribution in [1.82, 2.24) is 14.8 Å². The van der Waals surface area contributed by atoms with Crippen LogP contribution in [0.1, 0.15) is 45.8 Å². The largest absolute Gasteiger partial charge is 0.371 e. The zero-order valence-corrected chi connectivity index (χ0v) is 11.5. The third-order valence-electron chi connectivity index (χ3n) is 3.16. The normalized spacial score (nSPS) is 15.2. The highest BCUT2D eigenvalue weighted by atomic mass is 16.5. The van der Waals surface area contributed by atoms with Crippen LogP contribution in [0.5, 0.6) is 0 Å². The second-order valence-electron chi connectivity index (χ2n) is 4.94. The molecule has 0 aromatic carbocycles. The maximum Gasteiger partial charge on any atom is 0.165 e. The fourth-order valence-electron chi connectivity index (χ4n) is 1.83. The van der Waals surface area contributed by atoms with Crippen molar-refractivity contribution >= 4 is 0 Å². The van der Waals surface area contributed by atoms with Crippen molar-refractivity contribution in [2.45, 2.75) is 52.8 Å². The van der Waals surface area contributed by atoms with Crippen LogP contribution in [0.4, 0.5) is 0 Å². The summed E-state index contributed by atoms with van der Waals surface area (Å²) in [5.41, 5.74) is 5.31. The Morgan fingerprint density at radius 2 is 2.06 bits per heavy atom. The maximum atomic E-state index is 5.70. The lowest BCUT2D eigenvalue weighted by Crippen LogP contribution is -2.29. The van der Waals surface area contributed by atoms with Gasteiger partial charge in [0.1, 0.15) is 11.4 Å². The number of methoxy groups -OCH3 is 1. The Balaban J connectivity index is 3.19. The predicted molar refractivity (Wildman–Crippen MR) is 67.4 cm³/mol. The summed E-state index contributed by atoms with van der Waals surface area (Å²) in [5, 5.41) is 8.42. The van der Waals surface area contributed by atoms with E-state index in [1.165, 1.54) is 0 Å². The molecular formula is C12H24N4O. The van der Waals surface area contributed by atoms with E-state index in [0.29, 0.717) is 12.5 Å². The van der Waals surface area contributed by atoms with Gasteiger partial charge in [-0.1, -0.05) is 20.8 Å². The Bertz CT molecular complexity index is 355. The van der Waals surface area contributed by atoms with Gasteiger partial charge in [0.15, 0.2) is 5.82 Å². The lowest BCUT2D eigenvalue weighted by atomic mass is 10.0. The number of ether oxygens (including phenoxy) is 1. The molecule has 0 radical (unpaired) electrons. The van der Waals surface area contributed by atoms with Crippen LogP contribution < -0.4 is 5.73 Å². The first-order chi connectivity index (χ1) is 7.98. The first kappa shape index (κ1) is 14.1. The van der Waals surface area contributed by atoms with E-state index in [1.54, 1.807) is 7.11 Å². The molecule has 0 amide bonds. The molecule has 0 spiro atoms. The Kier molecular flexibility index (Phi) is 4.65. The summed E-state index contributed by atoms with van der Waals surface area (Å²) < 4.78 is 7.68. The van der Waals surface area contributed by atoms with Crippen LogP contribution in [0.3, 0.4) is 0 Å². The minimum Gasteiger partial charge on any atom is -0.371 e. The van der Waals surface area contributed by atoms with Gasteiger partial charge in [-0.2, -0.15) is 0 Å². The molecule has 1 heterocycles. The van der Waals surface area contributed by atoms with Crippen molar-refractivity contribution < 1.29 is 4.74 Å². The minimum absolute atomic E-state index is 0.394. The molecule has 0 aliphatic carbocycles. The van der Waals surface area contributed by atoms with Crippen LogP contribution in [0.25, 0.3) is 0 Å². The van der Waals surface area contributed by atoms with E-state index in [2.05, 4.69) is 35.5 Å². The number of aromatic nitrogens is 3. The molecule has 17 heavy (non-hydrogen) atoms. The maximum absolute atomic E-state index is 5.70. The number of hydrogen-bond donors (Lipinski definition) is 1. The summed E-state index contributed by atoms with van der Waals surface area (Å²) in [6.45, 7) is 9.73. The number of nitrogens with two attached hydrogens (primary N) is 1. The van der Waals surface area contributed by atoms with Crippen LogP contribution in [0.15, 0.2) is 0 Å². The second kappa shape index (κ2) is 5.60. The molecule has 5 heteroatoms. The summed E-state index contributed by atoms with van der Waals surface area (Å²) in [4.78, 5) is 0. The smallest absolute Gasteiger partial charge is 0.165 e. The van der Waals surface area contributed by atoms with Gasteiger partial charge in [-0.15, -0.1) is 10.2 Å². The van der Waals surface area contributed by atoms with E-state index in [0.717, 1.165) is 24.6 Å². The molecule has 98 valence electrons. The molecule has 1 unspecified atom stereocenters. The number of nitrogens with zero attached hydrogens (tertiary/aromatic N) is 3. The molecular weight excluding hydrogens is 216 g/mol. The summed E-state index contributed by atoms with van der Waals surface area (Å²) >= 11 is 0. The quantitative estimate of drug-likeness (QED) is 0.821. The molecule has 0 saturated carbocycles. The van der Waals surface area contributed by atoms with Gasteiger partial charge < -0.3 is 15.0 Å². The predicted octanol–water partition coefficient (Wildman–Crippen LogP) is 1.66. The highest BCUT2D eigenvalue weighted by Crippen LogP contribution is 2.27. The Morgan fingerprint density at radius 3 is 2.47 bits per heavy atom. The molecule has 1 rings (SSSR count). The van der Waals surface area contributed by atoms with E-state index in [-0.39, 0.29) is 0 Å². The molecule has 0 fully saturated rings. The molecule has 1 atom stereocenters. The van der Waals surface area contributed by atoms with Crippen molar-refractivity contribution in [3.63, 3.8) is 0 Å². The van der Waals surface area contributed by atoms with E-state index in [4.69, 9.17) is 10.5 Å². The van der Waals surface area contributed by atoms with Crippen LogP contribution in [0, 0.1) is 5.92 Å². The lowest BCUT2D eigenvalue weighted by Gasteiger charge is -2.27. The van der Waals surface area contributed by atoms with Crippen molar-refractivity contribution in [3.05, 3.63) is 11.6 Å². The average Bonchev–Trinajstić information content (AvgIpc) is 2.70. The van der Waals surface area contributed by atoms with Gasteiger partial charge in [0.2, 0.25) is 0 Å². The van der Waals surface area contributed by atoms with Crippen LogP contribution in [-0.4, -0.2) is 21.9 Å². The second-order valence-corrected chi connectivity index (χ2v) is 4.94. The zero-order valence-electron chi connectivity index (χ0n) is 11.5. The summed E-state index contributed by atoms with van der Waals surface area (Å²) in [7, 11) is 1.71. The summed E-state index contributed by atoms with van der Waals surface area (Å²) in [6.07, 6.45) is 0.851. The van der Waals surface area contributed by atoms with E-state index in [1.807, 2.05) is 6.92 Å². The summed E-state index contributed by atoms with van der Waals surface area (Å²) in [5.74, 6) is 2.22. The van der Waals surface area contributed by atoms with E-state index < -0.39 is 5.60 Å². The lowest BCUT2D eigenvalue weighted by molar-refractivity contribution is -0.0126. The van der Waals surface area contributed by atoms with Gasteiger partial charge in [-0.05, 0) is 19.3 Å². The van der Waals surface area contributed by atoms with Crippen LogP contribution in [0.2, 0.25) is 0 Å². The minimum atomic E-state index is -0.394. The van der Waals surface area contributed by atoms with Gasteiger partial charge >= 0.3 is 0 Å². The molecule has 0 aliphatic heterocycles. The van der Waals surface area contributed by atoms with Crippen molar-refractivity contribution in [1.29, 1.82) is 0 Å². The molecule has 0 aliphatic rings. The fraction of sp³-hybridized carbons (Fsp3) is 0.833. The Morgan fingerprint density at radius 1 is 1.41 bits per heavy atom. The van der Waals surface area contributed by atoms with Crippen LogP contribution >= 0.6 is 0 Å². The molecule has 2 N–H and O–H groups in total.